The molecule has 0 fully saturated rings. The van der Waals surface area contributed by atoms with Gasteiger partial charge in [-0.25, -0.2) is 0 Å². The third kappa shape index (κ3) is 10.9. The quantitative estimate of drug-likeness (QED) is 0.314. The molecule has 2 aromatic carbocycles. The zero-order valence-electron chi connectivity index (χ0n) is 15.1. The Balaban J connectivity index is 1.30. The molecule has 0 aliphatic carbocycles. The van der Waals surface area contributed by atoms with E-state index in [1.807, 2.05) is 0 Å². The highest BCUT2D eigenvalue weighted by Gasteiger charge is 1.96. The lowest BCUT2D eigenvalue weighted by molar-refractivity contribution is 0.889. The fourth-order valence-corrected chi connectivity index (χ4v) is 5.43. The van der Waals surface area contributed by atoms with Gasteiger partial charge in [0, 0.05) is 11.5 Å². The number of benzene rings is 2. The van der Waals surface area contributed by atoms with Crippen LogP contribution in [0.5, 0.6) is 0 Å². The van der Waals surface area contributed by atoms with E-state index in [0.29, 0.717) is 0 Å². The highest BCUT2D eigenvalue weighted by Crippen LogP contribution is 2.17. The number of hydrogen-bond donors (Lipinski definition) is 0. The Kier molecular flexibility index (Phi) is 12.2. The minimum Gasteiger partial charge on any atom is -0.162 e. The molecule has 3 heteroatoms. The molecule has 0 atom stereocenters. The van der Waals surface area contributed by atoms with Gasteiger partial charge in [0.25, 0.3) is 0 Å². The molecule has 0 saturated carbocycles. The van der Waals surface area contributed by atoms with Crippen molar-refractivity contribution in [1.82, 2.24) is 0 Å². The second-order valence-corrected chi connectivity index (χ2v) is 9.54. The van der Waals surface area contributed by atoms with Gasteiger partial charge in [-0.05, 0) is 59.8 Å². The van der Waals surface area contributed by atoms with Gasteiger partial charge in [-0.1, -0.05) is 60.7 Å². The summed E-state index contributed by atoms with van der Waals surface area (Å²) in [6, 6.07) is 21.6. The van der Waals surface area contributed by atoms with Crippen LogP contribution < -0.4 is 0 Å². The summed E-state index contributed by atoms with van der Waals surface area (Å²) in [5.41, 5.74) is 2.90. The Morgan fingerprint density at radius 1 is 0.440 bits per heavy atom. The van der Waals surface area contributed by atoms with E-state index >= 15 is 0 Å². The van der Waals surface area contributed by atoms with Crippen molar-refractivity contribution < 1.29 is 0 Å². The highest BCUT2D eigenvalue weighted by molar-refractivity contribution is 7.99. The molecular weight excluding hydrogens is 360 g/mol. The van der Waals surface area contributed by atoms with Crippen LogP contribution in [-0.4, -0.2) is 23.0 Å². The van der Waals surface area contributed by atoms with Gasteiger partial charge < -0.3 is 0 Å². The molecule has 0 bridgehead atoms. The molecule has 0 spiro atoms. The van der Waals surface area contributed by atoms with Gasteiger partial charge in [0.15, 0.2) is 0 Å². The van der Waals surface area contributed by atoms with Gasteiger partial charge in [-0.15, -0.1) is 0 Å². The van der Waals surface area contributed by atoms with Crippen LogP contribution in [-0.2, 0) is 11.5 Å². The van der Waals surface area contributed by atoms with Crippen molar-refractivity contribution in [1.29, 1.82) is 0 Å². The Bertz CT molecular complexity index is 478. The maximum Gasteiger partial charge on any atom is 0.0184 e. The van der Waals surface area contributed by atoms with E-state index in [1.54, 1.807) is 0 Å². The van der Waals surface area contributed by atoms with Crippen molar-refractivity contribution in [2.45, 2.75) is 37.2 Å². The Labute approximate surface area is 167 Å². The number of rotatable bonds is 14. The molecule has 0 aliphatic rings. The lowest BCUT2D eigenvalue weighted by Gasteiger charge is -2.04. The summed E-state index contributed by atoms with van der Waals surface area (Å²) in [5, 5.41) is 0. The molecule has 0 radical (unpaired) electrons. The van der Waals surface area contributed by atoms with Crippen molar-refractivity contribution in [2.24, 2.45) is 0 Å². The number of thioether (sulfide) groups is 3. The first-order valence-electron chi connectivity index (χ1n) is 9.26. The fraction of sp³-hybridized carbons (Fsp3) is 0.455. The van der Waals surface area contributed by atoms with Gasteiger partial charge in [0.1, 0.15) is 0 Å². The van der Waals surface area contributed by atoms with Gasteiger partial charge in [-0.3, -0.25) is 0 Å². The lowest BCUT2D eigenvalue weighted by Crippen LogP contribution is -1.89. The third-order valence-corrected chi connectivity index (χ3v) is 7.26. The molecule has 0 N–H and O–H groups in total. The Morgan fingerprint density at radius 3 is 1.20 bits per heavy atom. The van der Waals surface area contributed by atoms with E-state index in [4.69, 9.17) is 0 Å². The number of hydrogen-bond acceptors (Lipinski definition) is 3. The largest absolute Gasteiger partial charge is 0.162 e. The minimum absolute atomic E-state index is 1.16. The summed E-state index contributed by atoms with van der Waals surface area (Å²) in [7, 11) is 0. The third-order valence-electron chi connectivity index (χ3n) is 3.88. The average molecular weight is 391 g/mol. The van der Waals surface area contributed by atoms with Crippen LogP contribution in [0.25, 0.3) is 0 Å². The van der Waals surface area contributed by atoms with Crippen molar-refractivity contribution in [2.75, 3.05) is 23.0 Å². The van der Waals surface area contributed by atoms with E-state index < -0.39 is 0 Å². The molecule has 0 amide bonds. The molecule has 0 saturated heterocycles. The molecule has 136 valence electrons. The SMILES string of the molecule is c1ccc(CSCCCCSCCCCSCc2ccccc2)cc1. The van der Waals surface area contributed by atoms with Gasteiger partial charge >= 0.3 is 0 Å². The highest BCUT2D eigenvalue weighted by atomic mass is 32.2. The summed E-state index contributed by atoms with van der Waals surface area (Å²) in [6.45, 7) is 0. The predicted molar refractivity (Wildman–Crippen MR) is 121 cm³/mol. The summed E-state index contributed by atoms with van der Waals surface area (Å²) in [4.78, 5) is 0. The van der Waals surface area contributed by atoms with Gasteiger partial charge in [0.05, 0.1) is 0 Å². The van der Waals surface area contributed by atoms with Crippen molar-refractivity contribution in [3.05, 3.63) is 71.8 Å². The fourth-order valence-electron chi connectivity index (χ4n) is 2.45. The van der Waals surface area contributed by atoms with Crippen LogP contribution in [0, 0.1) is 0 Å². The molecule has 0 aromatic heterocycles. The van der Waals surface area contributed by atoms with E-state index in [-0.39, 0.29) is 0 Å². The molecule has 25 heavy (non-hydrogen) atoms. The average Bonchev–Trinajstić information content (AvgIpc) is 2.67. The van der Waals surface area contributed by atoms with E-state index in [1.165, 1.54) is 59.8 Å². The van der Waals surface area contributed by atoms with Crippen LogP contribution in [0.1, 0.15) is 36.8 Å². The summed E-state index contributed by atoms with van der Waals surface area (Å²) >= 11 is 6.28. The summed E-state index contributed by atoms with van der Waals surface area (Å²) < 4.78 is 0. The van der Waals surface area contributed by atoms with Crippen LogP contribution >= 0.6 is 35.3 Å². The molecule has 2 aromatic rings. The maximum atomic E-state index is 2.22. The topological polar surface area (TPSA) is 0 Å². The summed E-state index contributed by atoms with van der Waals surface area (Å²) in [5.74, 6) is 7.59. The smallest absolute Gasteiger partial charge is 0.0184 e. The molecule has 0 unspecified atom stereocenters. The Morgan fingerprint density at radius 2 is 0.800 bits per heavy atom. The van der Waals surface area contributed by atoms with E-state index in [2.05, 4.69) is 95.9 Å². The van der Waals surface area contributed by atoms with E-state index in [9.17, 15) is 0 Å². The van der Waals surface area contributed by atoms with Crippen LogP contribution in [0.3, 0.4) is 0 Å². The first kappa shape index (κ1) is 20.8. The molecule has 0 nitrogen and oxygen atoms in total. The van der Waals surface area contributed by atoms with E-state index in [0.717, 1.165) is 11.5 Å². The molecule has 2 rings (SSSR count). The standard InChI is InChI=1S/C22H30S3/c1-3-11-21(12-4-1)19-24-17-9-7-15-23-16-8-10-18-25-20-22-13-5-2-6-14-22/h1-6,11-14H,7-10,15-20H2. The second kappa shape index (κ2) is 14.6. The monoisotopic (exact) mass is 390 g/mol. The predicted octanol–water partition coefficient (Wildman–Crippen LogP) is 7.15. The zero-order valence-corrected chi connectivity index (χ0v) is 17.5. The summed E-state index contributed by atoms with van der Waals surface area (Å²) in [6.07, 6.45) is 5.46. The van der Waals surface area contributed by atoms with Gasteiger partial charge in [0.2, 0.25) is 0 Å². The first-order chi connectivity index (χ1) is 12.4. The second-order valence-electron chi connectivity index (χ2n) is 6.10. The maximum absolute atomic E-state index is 2.22. The van der Waals surface area contributed by atoms with Crippen LogP contribution in [0.2, 0.25) is 0 Å². The molecule has 0 heterocycles. The molecular formula is C22H30S3. The minimum atomic E-state index is 1.16. The van der Waals surface area contributed by atoms with Crippen molar-refractivity contribution >= 4 is 35.3 Å². The number of unbranched alkanes of at least 4 members (excludes halogenated alkanes) is 2. The van der Waals surface area contributed by atoms with Gasteiger partial charge in [-0.2, -0.15) is 35.3 Å². The Hall–Kier alpha value is -0.510. The van der Waals surface area contributed by atoms with Crippen LogP contribution in [0.4, 0.5) is 0 Å². The lowest BCUT2D eigenvalue weighted by atomic mass is 10.2. The molecule has 0 aliphatic heterocycles. The first-order valence-corrected chi connectivity index (χ1v) is 12.7. The van der Waals surface area contributed by atoms with Crippen molar-refractivity contribution in [3.8, 4) is 0 Å². The van der Waals surface area contributed by atoms with Crippen LogP contribution in [0.15, 0.2) is 60.7 Å². The normalized spacial score (nSPS) is 10.9. The zero-order chi connectivity index (χ0) is 17.4. The van der Waals surface area contributed by atoms with Crippen molar-refractivity contribution in [3.63, 3.8) is 0 Å².